The third-order valence-corrected chi connectivity index (χ3v) is 3.32. The van der Waals surface area contributed by atoms with Crippen LogP contribution in [-0.4, -0.2) is 12.1 Å². The smallest absolute Gasteiger partial charge is 0.232 e. The Morgan fingerprint density at radius 1 is 1.09 bits per heavy atom. The summed E-state index contributed by atoms with van der Waals surface area (Å²) in [5, 5.41) is 9.98. The zero-order valence-electron chi connectivity index (χ0n) is 12.1. The van der Waals surface area contributed by atoms with Crippen LogP contribution < -0.4 is 9.47 Å². The maximum atomic E-state index is 9.13. The van der Waals surface area contributed by atoms with E-state index in [1.54, 1.807) is 6.07 Å². The topological polar surface area (TPSA) is 55.1 Å². The van der Waals surface area contributed by atoms with Gasteiger partial charge in [-0.2, -0.15) is 5.26 Å². The molecule has 108 valence electrons. The van der Waals surface area contributed by atoms with Gasteiger partial charge in [-0.05, 0) is 17.7 Å². The van der Waals surface area contributed by atoms with Crippen LogP contribution in [0.15, 0.2) is 54.6 Å². The van der Waals surface area contributed by atoms with Gasteiger partial charge in [-0.15, -0.1) is 0 Å². The number of para-hydroxylation sites is 1. The first kappa shape index (κ1) is 13.9. The highest BCUT2D eigenvalue weighted by Gasteiger charge is 2.10. The second kappa shape index (κ2) is 6.15. The van der Waals surface area contributed by atoms with E-state index in [1.807, 2.05) is 48.5 Å². The largest absolute Gasteiger partial charge is 0.487 e. The lowest BCUT2D eigenvalue weighted by Crippen LogP contribution is -1.98. The molecule has 0 saturated heterocycles. The van der Waals surface area contributed by atoms with Gasteiger partial charge in [-0.25, -0.2) is 4.98 Å². The summed E-state index contributed by atoms with van der Waals surface area (Å²) in [6.07, 6.45) is 0. The number of hydrogen-bond acceptors (Lipinski definition) is 4. The number of hydrogen-bond donors (Lipinski definition) is 0. The van der Waals surface area contributed by atoms with Gasteiger partial charge in [0, 0.05) is 5.39 Å². The Kier molecular flexibility index (Phi) is 3.88. The molecule has 4 heteroatoms. The maximum absolute atomic E-state index is 9.13. The normalized spacial score (nSPS) is 10.2. The predicted octanol–water partition coefficient (Wildman–Crippen LogP) is 3.69. The van der Waals surface area contributed by atoms with E-state index in [2.05, 4.69) is 11.1 Å². The SMILES string of the molecule is COc1nc2c(OCc3ccccc3)cccc2cc1C#N. The van der Waals surface area contributed by atoms with Crippen LogP contribution in [-0.2, 0) is 6.61 Å². The zero-order chi connectivity index (χ0) is 15.4. The second-order valence-electron chi connectivity index (χ2n) is 4.76. The molecule has 1 heterocycles. The van der Waals surface area contributed by atoms with Gasteiger partial charge in [-0.1, -0.05) is 42.5 Å². The molecule has 0 spiro atoms. The van der Waals surface area contributed by atoms with Crippen molar-refractivity contribution in [2.75, 3.05) is 7.11 Å². The lowest BCUT2D eigenvalue weighted by molar-refractivity contribution is 0.309. The van der Waals surface area contributed by atoms with Crippen LogP contribution in [0.25, 0.3) is 10.9 Å². The number of benzene rings is 2. The van der Waals surface area contributed by atoms with Gasteiger partial charge < -0.3 is 9.47 Å². The van der Waals surface area contributed by atoms with Crippen molar-refractivity contribution < 1.29 is 9.47 Å². The summed E-state index contributed by atoms with van der Waals surface area (Å²) in [5.41, 5.74) is 2.18. The summed E-state index contributed by atoms with van der Waals surface area (Å²) in [6.45, 7) is 0.462. The average Bonchev–Trinajstić information content (AvgIpc) is 2.59. The molecule has 2 aromatic carbocycles. The lowest BCUT2D eigenvalue weighted by atomic mass is 10.1. The number of fused-ring (bicyclic) bond motifs is 1. The number of rotatable bonds is 4. The van der Waals surface area contributed by atoms with Gasteiger partial charge in [0.25, 0.3) is 0 Å². The molecular weight excluding hydrogens is 276 g/mol. The molecule has 0 radical (unpaired) electrons. The summed E-state index contributed by atoms with van der Waals surface area (Å²) in [5.74, 6) is 0.981. The fraction of sp³-hybridized carbons (Fsp3) is 0.111. The van der Waals surface area contributed by atoms with Crippen molar-refractivity contribution >= 4 is 10.9 Å². The van der Waals surface area contributed by atoms with Crippen LogP contribution >= 0.6 is 0 Å². The van der Waals surface area contributed by atoms with Gasteiger partial charge in [0.15, 0.2) is 0 Å². The molecule has 0 N–H and O–H groups in total. The minimum Gasteiger partial charge on any atom is -0.487 e. The van der Waals surface area contributed by atoms with Gasteiger partial charge in [0.2, 0.25) is 5.88 Å². The minimum atomic E-state index is 0.311. The van der Waals surface area contributed by atoms with Crippen molar-refractivity contribution in [2.45, 2.75) is 6.61 Å². The first-order valence-corrected chi connectivity index (χ1v) is 6.86. The predicted molar refractivity (Wildman–Crippen MR) is 83.8 cm³/mol. The molecule has 1 aromatic heterocycles. The van der Waals surface area contributed by atoms with Gasteiger partial charge >= 0.3 is 0 Å². The van der Waals surface area contributed by atoms with E-state index < -0.39 is 0 Å². The van der Waals surface area contributed by atoms with Crippen LogP contribution in [0.2, 0.25) is 0 Å². The van der Waals surface area contributed by atoms with Crippen LogP contribution in [0.3, 0.4) is 0 Å². The highest BCUT2D eigenvalue weighted by atomic mass is 16.5. The van der Waals surface area contributed by atoms with E-state index in [-0.39, 0.29) is 0 Å². The standard InChI is InChI=1S/C18H14N2O2/c1-21-18-15(11-19)10-14-8-5-9-16(17(14)20-18)22-12-13-6-3-2-4-7-13/h2-10H,12H2,1H3. The molecule has 0 bridgehead atoms. The molecule has 0 unspecified atom stereocenters. The fourth-order valence-corrected chi connectivity index (χ4v) is 2.24. The van der Waals surface area contributed by atoms with Gasteiger partial charge in [0.1, 0.15) is 29.5 Å². The van der Waals surface area contributed by atoms with E-state index in [0.717, 1.165) is 10.9 Å². The van der Waals surface area contributed by atoms with Crippen LogP contribution in [0.4, 0.5) is 0 Å². The first-order valence-electron chi connectivity index (χ1n) is 6.86. The van der Waals surface area contributed by atoms with Crippen molar-refractivity contribution in [3.05, 3.63) is 65.7 Å². The molecule has 0 saturated carbocycles. The Labute approximate surface area is 128 Å². The van der Waals surface area contributed by atoms with Crippen molar-refractivity contribution in [3.8, 4) is 17.7 Å². The average molecular weight is 290 g/mol. The van der Waals surface area contributed by atoms with Crippen LogP contribution in [0.5, 0.6) is 11.6 Å². The van der Waals surface area contributed by atoms with E-state index in [4.69, 9.17) is 14.7 Å². The van der Waals surface area contributed by atoms with Crippen molar-refractivity contribution in [1.29, 1.82) is 5.26 Å². The molecule has 0 amide bonds. The highest BCUT2D eigenvalue weighted by Crippen LogP contribution is 2.29. The molecule has 22 heavy (non-hydrogen) atoms. The Balaban J connectivity index is 1.97. The highest BCUT2D eigenvalue weighted by molar-refractivity contribution is 5.86. The second-order valence-corrected chi connectivity index (χ2v) is 4.76. The number of methoxy groups -OCH3 is 1. The number of pyridine rings is 1. The molecule has 4 nitrogen and oxygen atoms in total. The molecule has 0 atom stereocenters. The number of aromatic nitrogens is 1. The fourth-order valence-electron chi connectivity index (χ4n) is 2.24. The molecule has 3 rings (SSSR count). The van der Waals surface area contributed by atoms with Crippen LogP contribution in [0.1, 0.15) is 11.1 Å². The van der Waals surface area contributed by atoms with Crippen molar-refractivity contribution in [1.82, 2.24) is 4.98 Å². The Bertz CT molecular complexity index is 839. The summed E-state index contributed by atoms with van der Waals surface area (Å²) in [6, 6.07) is 19.4. The quantitative estimate of drug-likeness (QED) is 0.735. The van der Waals surface area contributed by atoms with Gasteiger partial charge in [0.05, 0.1) is 7.11 Å². The Morgan fingerprint density at radius 2 is 1.91 bits per heavy atom. The van der Waals surface area contributed by atoms with E-state index in [1.165, 1.54) is 7.11 Å². The van der Waals surface area contributed by atoms with Crippen molar-refractivity contribution in [2.24, 2.45) is 0 Å². The monoisotopic (exact) mass is 290 g/mol. The number of nitrogens with zero attached hydrogens (tertiary/aromatic N) is 2. The summed E-state index contributed by atoms with van der Waals surface area (Å²) >= 11 is 0. The maximum Gasteiger partial charge on any atom is 0.232 e. The Hall–Kier alpha value is -3.06. The van der Waals surface area contributed by atoms with E-state index in [0.29, 0.717) is 29.3 Å². The Morgan fingerprint density at radius 3 is 2.64 bits per heavy atom. The van der Waals surface area contributed by atoms with E-state index >= 15 is 0 Å². The summed E-state index contributed by atoms with van der Waals surface area (Å²) in [7, 11) is 1.50. The summed E-state index contributed by atoms with van der Waals surface area (Å²) in [4.78, 5) is 4.41. The zero-order valence-corrected chi connectivity index (χ0v) is 12.1. The van der Waals surface area contributed by atoms with Crippen molar-refractivity contribution in [3.63, 3.8) is 0 Å². The molecule has 0 aliphatic carbocycles. The lowest BCUT2D eigenvalue weighted by Gasteiger charge is -2.10. The number of nitriles is 1. The molecular formula is C18H14N2O2. The minimum absolute atomic E-state index is 0.311. The number of ether oxygens (including phenoxy) is 2. The molecule has 0 aliphatic heterocycles. The first-order chi connectivity index (χ1) is 10.8. The summed E-state index contributed by atoms with van der Waals surface area (Å²) < 4.78 is 11.1. The third-order valence-electron chi connectivity index (χ3n) is 3.32. The molecule has 3 aromatic rings. The third kappa shape index (κ3) is 2.70. The van der Waals surface area contributed by atoms with Crippen LogP contribution in [0, 0.1) is 11.3 Å². The van der Waals surface area contributed by atoms with Gasteiger partial charge in [-0.3, -0.25) is 0 Å². The molecule has 0 aliphatic rings. The van der Waals surface area contributed by atoms with E-state index in [9.17, 15) is 0 Å². The molecule has 0 fully saturated rings.